The Labute approximate surface area is 163 Å². The number of nitrogens with two attached hydrogens (primary N) is 2. The monoisotopic (exact) mass is 392 g/mol. The highest BCUT2D eigenvalue weighted by Crippen LogP contribution is 2.37. The summed E-state index contributed by atoms with van der Waals surface area (Å²) >= 11 is 6.16. The molecule has 2 heterocycles. The van der Waals surface area contributed by atoms with Crippen LogP contribution in [0.4, 0.5) is 10.5 Å². The van der Waals surface area contributed by atoms with Crippen molar-refractivity contribution in [2.75, 3.05) is 18.0 Å². The molecule has 0 saturated carbocycles. The number of amides is 1. The second-order valence-electron chi connectivity index (χ2n) is 7.71. The van der Waals surface area contributed by atoms with Crippen molar-refractivity contribution in [1.82, 2.24) is 4.90 Å². The molecule has 0 radical (unpaired) electrons. The summed E-state index contributed by atoms with van der Waals surface area (Å²) in [5.41, 5.74) is 11.6. The predicted octanol–water partition coefficient (Wildman–Crippen LogP) is 2.52. The molecule has 0 bridgehead atoms. The molecule has 0 aliphatic carbocycles. The normalized spacial score (nSPS) is 19.6. The van der Waals surface area contributed by atoms with Crippen molar-refractivity contribution in [3.8, 4) is 0 Å². The molecule has 2 aliphatic rings. The molecule has 1 aromatic carbocycles. The van der Waals surface area contributed by atoms with E-state index in [1.807, 2.05) is 43.9 Å². The minimum Gasteiger partial charge on any atom is -0.444 e. The van der Waals surface area contributed by atoms with Gasteiger partial charge in [0.2, 0.25) is 11.9 Å². The van der Waals surface area contributed by atoms with Gasteiger partial charge in [-0.05, 0) is 39.0 Å². The van der Waals surface area contributed by atoms with Gasteiger partial charge in [0, 0.05) is 36.6 Å². The molecule has 4 N–H and O–H groups in total. The van der Waals surface area contributed by atoms with E-state index in [1.165, 1.54) is 0 Å². The van der Waals surface area contributed by atoms with Gasteiger partial charge in [0.05, 0.1) is 0 Å². The third-order valence-electron chi connectivity index (χ3n) is 4.48. The van der Waals surface area contributed by atoms with Crippen LogP contribution in [0.5, 0.6) is 0 Å². The van der Waals surface area contributed by atoms with Crippen molar-refractivity contribution in [2.24, 2.45) is 21.5 Å². The summed E-state index contributed by atoms with van der Waals surface area (Å²) in [5.74, 6) is 0.395. The lowest BCUT2D eigenvalue weighted by molar-refractivity contribution is 0.0173. The topological polar surface area (TPSA) is 110 Å². The van der Waals surface area contributed by atoms with Gasteiger partial charge < -0.3 is 21.1 Å². The number of carbonyl (C=O) groups is 1. The van der Waals surface area contributed by atoms with Crippen LogP contribution in [0.25, 0.3) is 0 Å². The van der Waals surface area contributed by atoms with Gasteiger partial charge in [-0.2, -0.15) is 4.99 Å². The number of anilines is 1. The van der Waals surface area contributed by atoms with Crippen LogP contribution in [-0.4, -0.2) is 47.3 Å². The first-order valence-corrected chi connectivity index (χ1v) is 9.21. The summed E-state index contributed by atoms with van der Waals surface area (Å²) in [4.78, 5) is 24.6. The Bertz CT molecular complexity index is 793. The van der Waals surface area contributed by atoms with Crippen molar-refractivity contribution in [2.45, 2.75) is 44.9 Å². The lowest BCUT2D eigenvalue weighted by atomic mass is 9.94. The van der Waals surface area contributed by atoms with Crippen molar-refractivity contribution in [3.63, 3.8) is 0 Å². The highest BCUT2D eigenvalue weighted by atomic mass is 35.5. The Morgan fingerprint density at radius 2 is 1.93 bits per heavy atom. The van der Waals surface area contributed by atoms with Crippen LogP contribution in [0.2, 0.25) is 5.02 Å². The van der Waals surface area contributed by atoms with Crippen LogP contribution < -0.4 is 16.4 Å². The van der Waals surface area contributed by atoms with Crippen molar-refractivity contribution in [3.05, 3.63) is 29.3 Å². The van der Waals surface area contributed by atoms with E-state index in [4.69, 9.17) is 27.8 Å². The van der Waals surface area contributed by atoms with Crippen LogP contribution in [0.15, 0.2) is 34.3 Å². The Kier molecular flexibility index (Phi) is 4.94. The number of likely N-dealkylation sites (tertiary alicyclic amines) is 1. The quantitative estimate of drug-likeness (QED) is 0.763. The molecule has 0 unspecified atom stereocenters. The van der Waals surface area contributed by atoms with Gasteiger partial charge in [0.25, 0.3) is 0 Å². The average molecular weight is 393 g/mol. The Hall–Kier alpha value is -2.48. The van der Waals surface area contributed by atoms with Gasteiger partial charge in [-0.3, -0.25) is 4.90 Å². The fourth-order valence-corrected chi connectivity index (χ4v) is 3.55. The lowest BCUT2D eigenvalue weighted by Crippen LogP contribution is -2.62. The minimum absolute atomic E-state index is 0.136. The van der Waals surface area contributed by atoms with E-state index in [0.717, 1.165) is 5.69 Å². The zero-order valence-corrected chi connectivity index (χ0v) is 16.5. The molecule has 0 aromatic heterocycles. The summed E-state index contributed by atoms with van der Waals surface area (Å²) in [6, 6.07) is 7.34. The standard InChI is InChI=1S/C18H25ClN6O2/c1-17(2,3)27-16(26)24-9-7-18(8-10-24)23-14(20)22-15(21)25(18)13-6-4-5-12(19)11-13/h4-6,11H,7-10H2,1-3H3,(H4,20,21,22,23). The highest BCUT2D eigenvalue weighted by molar-refractivity contribution is 6.31. The van der Waals surface area contributed by atoms with Gasteiger partial charge in [-0.25, -0.2) is 9.79 Å². The largest absolute Gasteiger partial charge is 0.444 e. The number of ether oxygens (including phenoxy) is 1. The summed E-state index contributed by atoms with van der Waals surface area (Å²) in [5, 5.41) is 0.587. The van der Waals surface area contributed by atoms with Crippen molar-refractivity contribution in [1.29, 1.82) is 0 Å². The van der Waals surface area contributed by atoms with E-state index in [0.29, 0.717) is 31.0 Å². The van der Waals surface area contributed by atoms with E-state index < -0.39 is 11.3 Å². The molecule has 8 nitrogen and oxygen atoms in total. The van der Waals surface area contributed by atoms with E-state index in [9.17, 15) is 4.79 Å². The first kappa shape index (κ1) is 19.3. The molecule has 0 atom stereocenters. The minimum atomic E-state index is -0.709. The van der Waals surface area contributed by atoms with Gasteiger partial charge in [-0.1, -0.05) is 17.7 Å². The SMILES string of the molecule is CC(C)(C)OC(=O)N1CCC2(CC1)N=C(N)N=C(N)N2c1cccc(Cl)c1. The predicted molar refractivity (Wildman–Crippen MR) is 107 cm³/mol. The third kappa shape index (κ3) is 4.10. The number of piperidine rings is 1. The maximum absolute atomic E-state index is 12.4. The second kappa shape index (κ2) is 6.92. The molecule has 1 fully saturated rings. The molecule has 2 aliphatic heterocycles. The van der Waals surface area contributed by atoms with E-state index in [1.54, 1.807) is 11.0 Å². The van der Waals surface area contributed by atoms with E-state index >= 15 is 0 Å². The third-order valence-corrected chi connectivity index (χ3v) is 4.71. The fraction of sp³-hybridized carbons (Fsp3) is 0.500. The van der Waals surface area contributed by atoms with Crippen molar-refractivity contribution >= 4 is 35.3 Å². The molecular weight excluding hydrogens is 368 g/mol. The van der Waals surface area contributed by atoms with Gasteiger partial charge >= 0.3 is 6.09 Å². The molecule has 1 spiro atoms. The summed E-state index contributed by atoms with van der Waals surface area (Å²) in [6.45, 7) is 6.48. The Morgan fingerprint density at radius 1 is 1.26 bits per heavy atom. The summed E-state index contributed by atoms with van der Waals surface area (Å²) in [6.07, 6.45) is 0.742. The second-order valence-corrected chi connectivity index (χ2v) is 8.14. The molecule has 1 aromatic rings. The van der Waals surface area contributed by atoms with Crippen LogP contribution in [0.1, 0.15) is 33.6 Å². The van der Waals surface area contributed by atoms with Crippen LogP contribution in [0, 0.1) is 0 Å². The zero-order valence-electron chi connectivity index (χ0n) is 15.8. The molecule has 27 heavy (non-hydrogen) atoms. The van der Waals surface area contributed by atoms with Gasteiger partial charge in [-0.15, -0.1) is 0 Å². The van der Waals surface area contributed by atoms with Gasteiger partial charge in [0.15, 0.2) is 0 Å². The van der Waals surface area contributed by atoms with Gasteiger partial charge in [0.1, 0.15) is 11.3 Å². The molecule has 3 rings (SSSR count). The summed E-state index contributed by atoms with van der Waals surface area (Å²) < 4.78 is 5.47. The fourth-order valence-electron chi connectivity index (χ4n) is 3.37. The number of hydrogen-bond donors (Lipinski definition) is 2. The molecule has 9 heteroatoms. The zero-order chi connectivity index (χ0) is 19.8. The number of rotatable bonds is 1. The number of halogens is 1. The summed E-state index contributed by atoms with van der Waals surface area (Å²) in [7, 11) is 0. The number of hydrogen-bond acceptors (Lipinski definition) is 7. The Balaban J connectivity index is 1.85. The number of aliphatic imine (C=N–C) groups is 2. The van der Waals surface area contributed by atoms with Crippen LogP contribution in [-0.2, 0) is 4.74 Å². The average Bonchev–Trinajstić information content (AvgIpc) is 2.53. The molecular formula is C18H25ClN6O2. The first-order valence-electron chi connectivity index (χ1n) is 8.83. The van der Waals surface area contributed by atoms with E-state index in [-0.39, 0.29) is 18.0 Å². The van der Waals surface area contributed by atoms with Crippen LogP contribution in [0.3, 0.4) is 0 Å². The molecule has 1 amide bonds. The molecule has 146 valence electrons. The smallest absolute Gasteiger partial charge is 0.410 e. The lowest BCUT2D eigenvalue weighted by Gasteiger charge is -2.47. The van der Waals surface area contributed by atoms with Crippen LogP contribution >= 0.6 is 11.6 Å². The number of carbonyl (C=O) groups excluding carboxylic acids is 1. The highest BCUT2D eigenvalue weighted by Gasteiger charge is 2.45. The Morgan fingerprint density at radius 3 is 2.52 bits per heavy atom. The maximum atomic E-state index is 12.4. The molecule has 1 saturated heterocycles. The number of nitrogens with zero attached hydrogens (tertiary/aromatic N) is 4. The van der Waals surface area contributed by atoms with E-state index in [2.05, 4.69) is 9.98 Å². The number of guanidine groups is 2. The van der Waals surface area contributed by atoms with Crippen molar-refractivity contribution < 1.29 is 9.53 Å². The maximum Gasteiger partial charge on any atom is 0.410 e. The number of benzene rings is 1. The first-order chi connectivity index (χ1) is 12.6.